The number of hydrogen-bond donors (Lipinski definition) is 3. The molecule has 0 bridgehead atoms. The number of amides is 1. The topological polar surface area (TPSA) is 129 Å². The van der Waals surface area contributed by atoms with Gasteiger partial charge in [0, 0.05) is 41.3 Å². The minimum Gasteiger partial charge on any atom is -0.480 e. The van der Waals surface area contributed by atoms with Gasteiger partial charge in [-0.25, -0.2) is 13.5 Å². The highest BCUT2D eigenvalue weighted by Crippen LogP contribution is 2.54. The molecule has 1 amide bonds. The van der Waals surface area contributed by atoms with E-state index in [4.69, 9.17) is 26.8 Å². The first-order chi connectivity index (χ1) is 21.2. The highest BCUT2D eigenvalue weighted by atomic mass is 35.5. The van der Waals surface area contributed by atoms with Crippen molar-refractivity contribution < 1.29 is 28.2 Å². The van der Waals surface area contributed by atoms with E-state index >= 15 is 8.78 Å². The summed E-state index contributed by atoms with van der Waals surface area (Å²) in [5, 5.41) is 18.2. The third-order valence-corrected chi connectivity index (χ3v) is 9.16. The number of aliphatic hydroxyl groups is 1. The van der Waals surface area contributed by atoms with Crippen LogP contribution in [0.2, 0.25) is 5.02 Å². The van der Waals surface area contributed by atoms with Gasteiger partial charge < -0.3 is 25.6 Å². The standard InChI is InChI=1S/C32H27ClF2N4O5/c1-2-39-31(42)29-19(14-38-39)27(40)17-11-16(30(36)41)24(26(35)28(17)43-29)23-18-13-32(22-9-6-10-37-22,15-7-4-3-5-8-15)44-21(18)12-20(34)25(23)33/h3-5,7-8,11-12,14,22,27,37,40H,2,6,9-10,13H2,1H3,(H2,36,41)/t22-,27?,32-/m0/s1. The van der Waals surface area contributed by atoms with Crippen molar-refractivity contribution in [1.82, 2.24) is 15.1 Å². The maximum absolute atomic E-state index is 16.8. The van der Waals surface area contributed by atoms with E-state index in [2.05, 4.69) is 10.4 Å². The summed E-state index contributed by atoms with van der Waals surface area (Å²) < 4.78 is 45.9. The van der Waals surface area contributed by atoms with Gasteiger partial charge in [0.1, 0.15) is 17.7 Å². The number of aromatic nitrogens is 2. The summed E-state index contributed by atoms with van der Waals surface area (Å²) in [6, 6.07) is 11.7. The minimum atomic E-state index is -1.56. The number of rotatable bonds is 5. The van der Waals surface area contributed by atoms with Crippen molar-refractivity contribution in [2.45, 2.75) is 50.5 Å². The van der Waals surface area contributed by atoms with Crippen molar-refractivity contribution in [3.63, 3.8) is 0 Å². The van der Waals surface area contributed by atoms with E-state index in [-0.39, 0.29) is 52.8 Å². The van der Waals surface area contributed by atoms with E-state index in [0.29, 0.717) is 5.56 Å². The van der Waals surface area contributed by atoms with Crippen LogP contribution >= 0.6 is 11.6 Å². The second-order valence-electron chi connectivity index (χ2n) is 11.2. The van der Waals surface area contributed by atoms with Crippen LogP contribution in [0.5, 0.6) is 17.2 Å². The Morgan fingerprint density at radius 3 is 2.66 bits per heavy atom. The second-order valence-corrected chi connectivity index (χ2v) is 11.5. The van der Waals surface area contributed by atoms with Gasteiger partial charge in [0.25, 0.3) is 0 Å². The van der Waals surface area contributed by atoms with E-state index in [1.807, 2.05) is 30.3 Å². The number of fused-ring (bicyclic) bond motifs is 3. The Hall–Kier alpha value is -4.32. The lowest BCUT2D eigenvalue weighted by atomic mass is 9.80. The van der Waals surface area contributed by atoms with Gasteiger partial charge in [-0.05, 0) is 37.9 Å². The highest BCUT2D eigenvalue weighted by molar-refractivity contribution is 6.34. The molecule has 3 aliphatic rings. The summed E-state index contributed by atoms with van der Waals surface area (Å²) in [5.74, 6) is -3.73. The number of aryl methyl sites for hydroxylation is 1. The Morgan fingerprint density at radius 2 is 1.98 bits per heavy atom. The highest BCUT2D eigenvalue weighted by Gasteiger charge is 2.50. The van der Waals surface area contributed by atoms with Crippen LogP contribution in [-0.2, 0) is 18.6 Å². The molecule has 3 atom stereocenters. The van der Waals surface area contributed by atoms with Crippen molar-refractivity contribution in [3.8, 4) is 28.4 Å². The Balaban J connectivity index is 1.47. The quantitative estimate of drug-likeness (QED) is 0.294. The summed E-state index contributed by atoms with van der Waals surface area (Å²) in [4.78, 5) is 25.9. The fraction of sp³-hybridized carbons (Fsp3) is 0.281. The van der Waals surface area contributed by atoms with E-state index in [0.717, 1.165) is 35.7 Å². The summed E-state index contributed by atoms with van der Waals surface area (Å²) in [7, 11) is 0. The average molecular weight is 621 g/mol. The number of nitrogens with one attached hydrogen (secondary N) is 1. The van der Waals surface area contributed by atoms with Gasteiger partial charge in [0.05, 0.1) is 28.4 Å². The van der Waals surface area contributed by atoms with E-state index in [9.17, 15) is 14.7 Å². The molecule has 7 rings (SSSR count). The lowest BCUT2D eigenvalue weighted by Crippen LogP contribution is -2.48. The molecular weight excluding hydrogens is 594 g/mol. The number of hydrogen-bond acceptors (Lipinski definition) is 7. The largest absolute Gasteiger partial charge is 0.480 e. The molecule has 0 aliphatic carbocycles. The van der Waals surface area contributed by atoms with Crippen LogP contribution in [0.1, 0.15) is 58.5 Å². The van der Waals surface area contributed by atoms with Crippen LogP contribution in [0.15, 0.2) is 53.5 Å². The summed E-state index contributed by atoms with van der Waals surface area (Å²) in [6.45, 7) is 2.66. The molecule has 12 heteroatoms. The fourth-order valence-corrected chi connectivity index (χ4v) is 6.96. The maximum atomic E-state index is 16.8. The molecule has 4 aromatic rings. The SMILES string of the molecule is CCn1ncc2c(c1=O)Oc1c(cc(C(N)=O)c(-c3c(Cl)c(F)cc4c3C[C@](c3ccccc3)([C@@H]3CCCN3)O4)c1F)C2O. The molecular formula is C32H27ClF2N4O5. The zero-order valence-electron chi connectivity index (χ0n) is 23.5. The van der Waals surface area contributed by atoms with E-state index < -0.39 is 51.1 Å². The number of benzene rings is 3. The first kappa shape index (κ1) is 28.5. The van der Waals surface area contributed by atoms with Gasteiger partial charge in [-0.15, -0.1) is 0 Å². The first-order valence-electron chi connectivity index (χ1n) is 14.3. The number of aliphatic hydroxyl groups excluding tert-OH is 1. The van der Waals surface area contributed by atoms with Crippen molar-refractivity contribution >= 4 is 17.5 Å². The van der Waals surface area contributed by atoms with Gasteiger partial charge in [-0.1, -0.05) is 41.9 Å². The lowest BCUT2D eigenvalue weighted by molar-refractivity contribution is 0.0539. The monoisotopic (exact) mass is 620 g/mol. The number of carbonyl (C=O) groups is 1. The maximum Gasteiger partial charge on any atom is 0.310 e. The molecule has 0 saturated carbocycles. The van der Waals surface area contributed by atoms with Crippen LogP contribution in [0, 0.1) is 11.6 Å². The predicted molar refractivity (Wildman–Crippen MR) is 157 cm³/mol. The van der Waals surface area contributed by atoms with Crippen LogP contribution < -0.4 is 26.1 Å². The zero-order valence-corrected chi connectivity index (χ0v) is 24.3. The molecule has 4 N–H and O–H groups in total. The van der Waals surface area contributed by atoms with Crippen molar-refractivity contribution in [1.29, 1.82) is 0 Å². The van der Waals surface area contributed by atoms with Crippen LogP contribution in [0.25, 0.3) is 11.1 Å². The molecule has 0 spiro atoms. The fourth-order valence-electron chi connectivity index (χ4n) is 6.70. The normalized spacial score (nSPS) is 21.7. The molecule has 0 radical (unpaired) electrons. The van der Waals surface area contributed by atoms with Crippen molar-refractivity contribution in [2.75, 3.05) is 6.54 Å². The molecule has 9 nitrogen and oxygen atoms in total. The number of halogens is 3. The Morgan fingerprint density at radius 1 is 1.20 bits per heavy atom. The Labute approximate surface area is 255 Å². The van der Waals surface area contributed by atoms with Gasteiger partial charge >= 0.3 is 5.56 Å². The van der Waals surface area contributed by atoms with Crippen LogP contribution in [0.3, 0.4) is 0 Å². The summed E-state index contributed by atoms with van der Waals surface area (Å²) >= 11 is 6.60. The smallest absolute Gasteiger partial charge is 0.310 e. The molecule has 226 valence electrons. The molecule has 3 aliphatic heterocycles. The molecule has 44 heavy (non-hydrogen) atoms. The van der Waals surface area contributed by atoms with Gasteiger partial charge in [0.2, 0.25) is 11.7 Å². The lowest BCUT2D eigenvalue weighted by Gasteiger charge is -2.35. The molecule has 1 aromatic heterocycles. The number of ether oxygens (including phenoxy) is 2. The second kappa shape index (κ2) is 10.4. The third-order valence-electron chi connectivity index (χ3n) is 8.79. The third kappa shape index (κ3) is 4.06. The average Bonchev–Trinajstić information content (AvgIpc) is 3.69. The van der Waals surface area contributed by atoms with Crippen molar-refractivity contribution in [3.05, 3.63) is 103 Å². The minimum absolute atomic E-state index is 0.00422. The van der Waals surface area contributed by atoms with Gasteiger partial charge in [-0.3, -0.25) is 9.59 Å². The van der Waals surface area contributed by atoms with E-state index in [1.165, 1.54) is 12.3 Å². The van der Waals surface area contributed by atoms with Gasteiger partial charge in [-0.2, -0.15) is 5.10 Å². The van der Waals surface area contributed by atoms with Crippen molar-refractivity contribution in [2.24, 2.45) is 5.73 Å². The number of nitrogens with zero attached hydrogens (tertiary/aromatic N) is 2. The number of nitrogens with two attached hydrogens (primary N) is 1. The van der Waals surface area contributed by atoms with Gasteiger partial charge in [0.15, 0.2) is 17.2 Å². The summed E-state index contributed by atoms with van der Waals surface area (Å²) in [6.07, 6.45) is 1.55. The number of primary amides is 1. The molecule has 1 fully saturated rings. The van der Waals surface area contributed by atoms with Crippen LogP contribution in [-0.4, -0.2) is 33.4 Å². The Kier molecular flexibility index (Phi) is 6.72. The van der Waals surface area contributed by atoms with E-state index in [1.54, 1.807) is 6.92 Å². The van der Waals surface area contributed by atoms with Crippen LogP contribution in [0.4, 0.5) is 8.78 Å². The summed E-state index contributed by atoms with van der Waals surface area (Å²) in [5.41, 5.74) is 4.30. The molecule has 1 saturated heterocycles. The zero-order chi connectivity index (χ0) is 30.9. The molecule has 4 heterocycles. The number of carbonyl (C=O) groups excluding carboxylic acids is 1. The molecule has 3 aromatic carbocycles. The Bertz CT molecular complexity index is 1910. The molecule has 1 unspecified atom stereocenters. The first-order valence-corrected chi connectivity index (χ1v) is 14.6. The predicted octanol–water partition coefficient (Wildman–Crippen LogP) is 4.73.